The van der Waals surface area contributed by atoms with E-state index in [1.54, 1.807) is 6.07 Å². The predicted molar refractivity (Wildman–Crippen MR) is 76.1 cm³/mol. The van der Waals surface area contributed by atoms with Crippen molar-refractivity contribution in [3.8, 4) is 0 Å². The molecule has 2 rings (SSSR count). The van der Waals surface area contributed by atoms with Crippen molar-refractivity contribution < 1.29 is 4.39 Å². The molecule has 0 aliphatic carbocycles. The van der Waals surface area contributed by atoms with E-state index in [-0.39, 0.29) is 5.82 Å². The Labute approximate surface area is 115 Å². The van der Waals surface area contributed by atoms with Crippen molar-refractivity contribution in [1.29, 1.82) is 0 Å². The Morgan fingerprint density at radius 1 is 1.47 bits per heavy atom. The minimum absolute atomic E-state index is 0.159. The van der Waals surface area contributed by atoms with Gasteiger partial charge in [0.05, 0.1) is 4.47 Å². The van der Waals surface area contributed by atoms with Crippen molar-refractivity contribution >= 4 is 27.7 Å². The van der Waals surface area contributed by atoms with E-state index in [2.05, 4.69) is 28.2 Å². The first-order valence-corrected chi connectivity index (χ1v) is 7.91. The zero-order chi connectivity index (χ0) is 12.3. The molecule has 1 aromatic carbocycles. The number of halogens is 2. The van der Waals surface area contributed by atoms with Gasteiger partial charge in [-0.1, -0.05) is 19.1 Å². The molecular weight excluding hydrogens is 301 g/mol. The lowest BCUT2D eigenvalue weighted by Crippen LogP contribution is -2.36. The molecule has 94 valence electrons. The van der Waals surface area contributed by atoms with E-state index in [0.29, 0.717) is 16.4 Å². The molecule has 0 radical (unpaired) electrons. The third-order valence-corrected chi connectivity index (χ3v) is 5.33. The minimum Gasteiger partial charge on any atom is -0.313 e. The highest BCUT2D eigenvalue weighted by Gasteiger charge is 2.27. The van der Waals surface area contributed by atoms with Crippen LogP contribution < -0.4 is 5.32 Å². The van der Waals surface area contributed by atoms with E-state index < -0.39 is 0 Å². The van der Waals surface area contributed by atoms with Crippen LogP contribution in [0.1, 0.15) is 12.5 Å². The molecule has 2 atom stereocenters. The molecule has 0 spiro atoms. The van der Waals surface area contributed by atoms with Crippen LogP contribution in [0.5, 0.6) is 0 Å². The van der Waals surface area contributed by atoms with E-state index in [0.717, 1.165) is 18.5 Å². The first-order valence-electron chi connectivity index (χ1n) is 5.96. The average Bonchev–Trinajstić information content (AvgIpc) is 2.73. The van der Waals surface area contributed by atoms with E-state index in [1.807, 2.05) is 17.8 Å². The fraction of sp³-hybridized carbons (Fsp3) is 0.538. The molecule has 17 heavy (non-hydrogen) atoms. The van der Waals surface area contributed by atoms with Gasteiger partial charge in [-0.25, -0.2) is 4.39 Å². The van der Waals surface area contributed by atoms with Crippen LogP contribution in [-0.2, 0) is 6.42 Å². The van der Waals surface area contributed by atoms with Gasteiger partial charge in [-0.15, -0.1) is 0 Å². The summed E-state index contributed by atoms with van der Waals surface area (Å²) >= 11 is 5.33. The predicted octanol–water partition coefficient (Wildman–Crippen LogP) is 3.47. The first-order chi connectivity index (χ1) is 8.22. The summed E-state index contributed by atoms with van der Waals surface area (Å²) in [6.45, 7) is 3.14. The monoisotopic (exact) mass is 317 g/mol. The van der Waals surface area contributed by atoms with Crippen LogP contribution in [0.4, 0.5) is 4.39 Å². The Bertz CT molecular complexity index is 386. The van der Waals surface area contributed by atoms with E-state index >= 15 is 0 Å². The topological polar surface area (TPSA) is 12.0 Å². The molecule has 1 nitrogen and oxygen atoms in total. The molecule has 1 saturated heterocycles. The van der Waals surface area contributed by atoms with Gasteiger partial charge in [0.15, 0.2) is 0 Å². The van der Waals surface area contributed by atoms with Crippen LogP contribution >= 0.6 is 27.7 Å². The molecule has 1 aliphatic heterocycles. The summed E-state index contributed by atoms with van der Waals surface area (Å²) in [5, 5.41) is 3.52. The van der Waals surface area contributed by atoms with Crippen LogP contribution in [0, 0.1) is 11.7 Å². The van der Waals surface area contributed by atoms with Crippen molar-refractivity contribution in [2.45, 2.75) is 19.4 Å². The molecular formula is C13H17BrFNS. The van der Waals surface area contributed by atoms with Crippen LogP contribution in [0.25, 0.3) is 0 Å². The number of rotatable bonds is 4. The van der Waals surface area contributed by atoms with Crippen molar-refractivity contribution in [2.75, 3.05) is 18.1 Å². The second kappa shape index (κ2) is 6.21. The smallest absolute Gasteiger partial charge is 0.137 e. The number of hydrogen-bond donors (Lipinski definition) is 1. The lowest BCUT2D eigenvalue weighted by Gasteiger charge is -2.20. The maximum atomic E-state index is 13.4. The highest BCUT2D eigenvalue weighted by atomic mass is 79.9. The molecule has 0 bridgehead atoms. The molecule has 1 aromatic rings. The molecule has 4 heteroatoms. The van der Waals surface area contributed by atoms with Crippen molar-refractivity contribution in [3.63, 3.8) is 0 Å². The van der Waals surface area contributed by atoms with Gasteiger partial charge in [-0.3, -0.25) is 0 Å². The minimum atomic E-state index is -0.159. The Balaban J connectivity index is 2.07. The third-order valence-electron chi connectivity index (χ3n) is 3.18. The lowest BCUT2D eigenvalue weighted by molar-refractivity contribution is 0.432. The highest BCUT2D eigenvalue weighted by molar-refractivity contribution is 9.10. The number of nitrogens with one attached hydrogen (secondary N) is 1. The van der Waals surface area contributed by atoms with E-state index in [1.165, 1.54) is 17.6 Å². The molecule has 1 N–H and O–H groups in total. The van der Waals surface area contributed by atoms with Gasteiger partial charge >= 0.3 is 0 Å². The Kier molecular flexibility index (Phi) is 4.88. The molecule has 0 saturated carbocycles. The van der Waals surface area contributed by atoms with Gasteiger partial charge < -0.3 is 5.32 Å². The zero-order valence-electron chi connectivity index (χ0n) is 9.88. The van der Waals surface area contributed by atoms with Crippen molar-refractivity contribution in [3.05, 3.63) is 34.1 Å². The maximum absolute atomic E-state index is 13.4. The summed E-state index contributed by atoms with van der Waals surface area (Å²) in [5.74, 6) is 2.79. The first kappa shape index (κ1) is 13.4. The van der Waals surface area contributed by atoms with Gasteiger partial charge in [0.2, 0.25) is 0 Å². The lowest BCUT2D eigenvalue weighted by atomic mass is 9.95. The van der Waals surface area contributed by atoms with Crippen LogP contribution in [0.2, 0.25) is 0 Å². The Morgan fingerprint density at radius 2 is 2.29 bits per heavy atom. The number of thioether (sulfide) groups is 1. The molecule has 1 heterocycles. The molecule has 2 unspecified atom stereocenters. The quantitative estimate of drug-likeness (QED) is 0.912. The normalized spacial score (nSPS) is 24.2. The van der Waals surface area contributed by atoms with Crippen molar-refractivity contribution in [2.24, 2.45) is 5.92 Å². The van der Waals surface area contributed by atoms with Crippen LogP contribution in [0.15, 0.2) is 22.7 Å². The second-order valence-corrected chi connectivity index (χ2v) is 6.25. The van der Waals surface area contributed by atoms with Crippen LogP contribution in [0.3, 0.4) is 0 Å². The Hall–Kier alpha value is -0.0600. The summed E-state index contributed by atoms with van der Waals surface area (Å²) < 4.78 is 14.1. The summed E-state index contributed by atoms with van der Waals surface area (Å²) in [6, 6.07) is 5.87. The second-order valence-electron chi connectivity index (χ2n) is 4.38. The SMILES string of the molecule is CCNC1CSCC1Cc1cccc(F)c1Br. The van der Waals surface area contributed by atoms with Gasteiger partial charge in [0.1, 0.15) is 5.82 Å². The van der Waals surface area contributed by atoms with Gasteiger partial charge in [-0.2, -0.15) is 11.8 Å². The summed E-state index contributed by atoms with van der Waals surface area (Å²) in [4.78, 5) is 0. The zero-order valence-corrected chi connectivity index (χ0v) is 12.3. The fourth-order valence-corrected chi connectivity index (χ4v) is 4.14. The maximum Gasteiger partial charge on any atom is 0.137 e. The highest BCUT2D eigenvalue weighted by Crippen LogP contribution is 2.30. The number of hydrogen-bond acceptors (Lipinski definition) is 2. The molecule has 0 amide bonds. The summed E-state index contributed by atoms with van der Waals surface area (Å²) in [7, 11) is 0. The van der Waals surface area contributed by atoms with Crippen molar-refractivity contribution in [1.82, 2.24) is 5.32 Å². The van der Waals surface area contributed by atoms with Gasteiger partial charge in [0.25, 0.3) is 0 Å². The largest absolute Gasteiger partial charge is 0.313 e. The van der Waals surface area contributed by atoms with Gasteiger partial charge in [-0.05, 0) is 52.2 Å². The summed E-state index contributed by atoms with van der Waals surface area (Å²) in [6.07, 6.45) is 0.947. The van der Waals surface area contributed by atoms with Gasteiger partial charge in [0, 0.05) is 11.8 Å². The molecule has 0 aromatic heterocycles. The van der Waals surface area contributed by atoms with E-state index in [9.17, 15) is 4.39 Å². The standard InChI is InChI=1S/C13H17BrFNS/c1-2-16-12-8-17-7-10(12)6-9-4-3-5-11(15)13(9)14/h3-5,10,12,16H,2,6-8H2,1H3. The number of benzene rings is 1. The van der Waals surface area contributed by atoms with Crippen LogP contribution in [-0.4, -0.2) is 24.1 Å². The molecule has 1 fully saturated rings. The molecule has 1 aliphatic rings. The fourth-order valence-electron chi connectivity index (χ4n) is 2.28. The average molecular weight is 318 g/mol. The third kappa shape index (κ3) is 3.24. The Morgan fingerprint density at radius 3 is 3.06 bits per heavy atom. The van der Waals surface area contributed by atoms with E-state index in [4.69, 9.17) is 0 Å². The summed E-state index contributed by atoms with van der Waals surface area (Å²) in [5.41, 5.74) is 1.08.